The van der Waals surface area contributed by atoms with Gasteiger partial charge in [0.15, 0.2) is 5.82 Å². The Morgan fingerprint density at radius 3 is 2.38 bits per heavy atom. The maximum absolute atomic E-state index is 12.3. The Morgan fingerprint density at radius 1 is 1.19 bits per heavy atom. The van der Waals surface area contributed by atoms with E-state index < -0.39 is 11.8 Å². The number of fused-ring (bicyclic) bond motifs is 1. The van der Waals surface area contributed by atoms with Gasteiger partial charge < -0.3 is 5.11 Å². The molecule has 108 valence electrons. The molecule has 0 fully saturated rings. The number of carbonyl (C=O) groups excluding carboxylic acids is 2. The number of aromatic nitrogens is 3. The molecule has 7 nitrogen and oxygen atoms in total. The van der Waals surface area contributed by atoms with Gasteiger partial charge in [-0.2, -0.15) is 0 Å². The molecule has 1 N–H and O–H groups in total. The van der Waals surface area contributed by atoms with Crippen molar-refractivity contribution in [2.75, 3.05) is 11.5 Å². The fourth-order valence-corrected chi connectivity index (χ4v) is 2.30. The molecule has 0 saturated carbocycles. The fraction of sp³-hybridized carbons (Fsp3) is 0.286. The minimum atomic E-state index is -0.391. The second-order valence-electron chi connectivity index (χ2n) is 4.91. The van der Waals surface area contributed by atoms with Crippen molar-refractivity contribution >= 4 is 17.6 Å². The van der Waals surface area contributed by atoms with Crippen LogP contribution in [0.25, 0.3) is 0 Å². The Morgan fingerprint density at radius 2 is 1.81 bits per heavy atom. The molecule has 2 aromatic rings. The van der Waals surface area contributed by atoms with Gasteiger partial charge in [0.1, 0.15) is 0 Å². The third kappa shape index (κ3) is 2.11. The zero-order valence-electron chi connectivity index (χ0n) is 11.4. The van der Waals surface area contributed by atoms with Crippen molar-refractivity contribution in [1.82, 2.24) is 15.0 Å². The monoisotopic (exact) mass is 286 g/mol. The van der Waals surface area contributed by atoms with Gasteiger partial charge in [0.05, 0.1) is 23.4 Å². The molecule has 0 unspecified atom stereocenters. The number of nitrogens with zero attached hydrogens (tertiary/aromatic N) is 4. The third-order valence-electron chi connectivity index (χ3n) is 3.52. The maximum Gasteiger partial charge on any atom is 0.267 e. The molecule has 2 amide bonds. The number of aliphatic hydroxyl groups is 1. The van der Waals surface area contributed by atoms with Crippen LogP contribution in [0.15, 0.2) is 30.5 Å². The van der Waals surface area contributed by atoms with Crippen molar-refractivity contribution in [3.63, 3.8) is 0 Å². The average molecular weight is 286 g/mol. The van der Waals surface area contributed by atoms with Crippen LogP contribution in [0.3, 0.4) is 0 Å². The SMILES string of the molecule is C[C@H](CCO)n1cc(N2C(=O)c3ccccc3C2=O)nn1. The molecule has 1 aromatic heterocycles. The average Bonchev–Trinajstić information content (AvgIpc) is 3.05. The molecule has 7 heteroatoms. The standard InChI is InChI=1S/C14H14N4O3/c1-9(6-7-19)17-8-12(15-16-17)18-13(20)10-4-2-3-5-11(10)14(18)21/h2-5,8-9,19H,6-7H2,1H3/t9-/m1/s1. The summed E-state index contributed by atoms with van der Waals surface area (Å²) in [4.78, 5) is 25.6. The minimum Gasteiger partial charge on any atom is -0.396 e. The first-order chi connectivity index (χ1) is 10.1. The quantitative estimate of drug-likeness (QED) is 0.848. The predicted octanol–water partition coefficient (Wildman–Crippen LogP) is 1.02. The number of benzene rings is 1. The van der Waals surface area contributed by atoms with Gasteiger partial charge in [-0.15, -0.1) is 5.10 Å². The lowest BCUT2D eigenvalue weighted by molar-refractivity contribution is 0.0925. The Bertz CT molecular complexity index is 675. The van der Waals surface area contributed by atoms with Gasteiger partial charge in [0.2, 0.25) is 0 Å². The van der Waals surface area contributed by atoms with E-state index >= 15 is 0 Å². The Kier molecular flexibility index (Phi) is 3.26. The van der Waals surface area contributed by atoms with E-state index in [1.165, 1.54) is 4.68 Å². The summed E-state index contributed by atoms with van der Waals surface area (Å²) in [5.41, 5.74) is 0.751. The summed E-state index contributed by atoms with van der Waals surface area (Å²) >= 11 is 0. The van der Waals surface area contributed by atoms with Gasteiger partial charge in [0.25, 0.3) is 11.8 Å². The van der Waals surface area contributed by atoms with Gasteiger partial charge >= 0.3 is 0 Å². The maximum atomic E-state index is 12.3. The van der Waals surface area contributed by atoms with E-state index in [1.54, 1.807) is 30.5 Å². The highest BCUT2D eigenvalue weighted by atomic mass is 16.3. The molecule has 1 atom stereocenters. The number of hydrogen-bond acceptors (Lipinski definition) is 5. The summed E-state index contributed by atoms with van der Waals surface area (Å²) in [7, 11) is 0. The van der Waals surface area contributed by atoms with Crippen LogP contribution in [0.2, 0.25) is 0 Å². The fourth-order valence-electron chi connectivity index (χ4n) is 2.30. The first-order valence-corrected chi connectivity index (χ1v) is 6.64. The summed E-state index contributed by atoms with van der Waals surface area (Å²) in [6.07, 6.45) is 2.06. The van der Waals surface area contributed by atoms with Gasteiger partial charge in [-0.05, 0) is 25.5 Å². The van der Waals surface area contributed by atoms with Crippen molar-refractivity contribution in [2.45, 2.75) is 19.4 Å². The lowest BCUT2D eigenvalue weighted by Gasteiger charge is -2.10. The first kappa shape index (κ1) is 13.4. The summed E-state index contributed by atoms with van der Waals surface area (Å²) in [6.45, 7) is 1.90. The molecule has 0 spiro atoms. The van der Waals surface area contributed by atoms with Crippen LogP contribution in [0.4, 0.5) is 5.82 Å². The molecule has 0 saturated heterocycles. The number of anilines is 1. The molecule has 0 bridgehead atoms. The molecule has 2 heterocycles. The van der Waals surface area contributed by atoms with Crippen LogP contribution < -0.4 is 4.90 Å². The van der Waals surface area contributed by atoms with Crippen LogP contribution in [-0.2, 0) is 0 Å². The Balaban J connectivity index is 1.93. The van der Waals surface area contributed by atoms with E-state index in [-0.39, 0.29) is 18.5 Å². The van der Waals surface area contributed by atoms with Gasteiger partial charge in [-0.3, -0.25) is 9.59 Å². The van der Waals surface area contributed by atoms with Crippen molar-refractivity contribution in [3.05, 3.63) is 41.6 Å². The first-order valence-electron chi connectivity index (χ1n) is 6.64. The van der Waals surface area contributed by atoms with Crippen LogP contribution in [0.1, 0.15) is 40.1 Å². The normalized spacial score (nSPS) is 15.4. The van der Waals surface area contributed by atoms with E-state index in [2.05, 4.69) is 10.3 Å². The van der Waals surface area contributed by atoms with Crippen molar-refractivity contribution in [3.8, 4) is 0 Å². The van der Waals surface area contributed by atoms with Crippen molar-refractivity contribution < 1.29 is 14.7 Å². The van der Waals surface area contributed by atoms with Crippen molar-refractivity contribution in [2.24, 2.45) is 0 Å². The summed E-state index contributed by atoms with van der Waals surface area (Å²) < 4.78 is 1.54. The number of hydrogen-bond donors (Lipinski definition) is 1. The predicted molar refractivity (Wildman–Crippen MR) is 74.0 cm³/mol. The Hall–Kier alpha value is -2.54. The zero-order valence-corrected chi connectivity index (χ0v) is 11.4. The molecule has 0 radical (unpaired) electrons. The van der Waals surface area contributed by atoms with Crippen LogP contribution >= 0.6 is 0 Å². The number of amides is 2. The summed E-state index contributed by atoms with van der Waals surface area (Å²) in [5.74, 6) is -0.582. The zero-order chi connectivity index (χ0) is 15.0. The van der Waals surface area contributed by atoms with E-state index in [0.29, 0.717) is 17.5 Å². The summed E-state index contributed by atoms with van der Waals surface area (Å²) in [6, 6.07) is 6.61. The molecule has 1 aliphatic heterocycles. The second kappa shape index (κ2) is 5.10. The number of rotatable bonds is 4. The molecule has 3 rings (SSSR count). The molecule has 1 aliphatic rings. The van der Waals surface area contributed by atoms with Crippen LogP contribution in [-0.4, -0.2) is 38.5 Å². The van der Waals surface area contributed by atoms with Crippen LogP contribution in [0.5, 0.6) is 0 Å². The van der Waals surface area contributed by atoms with E-state index in [1.807, 2.05) is 6.92 Å². The lowest BCUT2D eigenvalue weighted by Crippen LogP contribution is -2.29. The Labute approximate surface area is 120 Å². The number of aliphatic hydroxyl groups excluding tert-OH is 1. The highest BCUT2D eigenvalue weighted by molar-refractivity contribution is 6.34. The number of imide groups is 1. The molecule has 21 heavy (non-hydrogen) atoms. The van der Waals surface area contributed by atoms with Gasteiger partial charge in [0, 0.05) is 6.61 Å². The molecule has 1 aromatic carbocycles. The molecule has 0 aliphatic carbocycles. The lowest BCUT2D eigenvalue weighted by atomic mass is 10.1. The van der Waals surface area contributed by atoms with Crippen molar-refractivity contribution in [1.29, 1.82) is 0 Å². The topological polar surface area (TPSA) is 88.3 Å². The molecular formula is C14H14N4O3. The smallest absolute Gasteiger partial charge is 0.267 e. The van der Waals surface area contributed by atoms with E-state index in [9.17, 15) is 9.59 Å². The minimum absolute atomic E-state index is 0.0311. The molecular weight excluding hydrogens is 272 g/mol. The van der Waals surface area contributed by atoms with Crippen LogP contribution in [0, 0.1) is 0 Å². The third-order valence-corrected chi connectivity index (χ3v) is 3.52. The second-order valence-corrected chi connectivity index (χ2v) is 4.91. The highest BCUT2D eigenvalue weighted by Crippen LogP contribution is 2.27. The van der Waals surface area contributed by atoms with E-state index in [0.717, 1.165) is 4.90 Å². The van der Waals surface area contributed by atoms with E-state index in [4.69, 9.17) is 5.11 Å². The van der Waals surface area contributed by atoms with Gasteiger partial charge in [-0.1, -0.05) is 17.3 Å². The summed E-state index contributed by atoms with van der Waals surface area (Å²) in [5, 5.41) is 16.8. The largest absolute Gasteiger partial charge is 0.396 e. The highest BCUT2D eigenvalue weighted by Gasteiger charge is 2.37. The van der Waals surface area contributed by atoms with Gasteiger partial charge in [-0.25, -0.2) is 9.58 Å². The number of carbonyl (C=O) groups is 2.